The summed E-state index contributed by atoms with van der Waals surface area (Å²) in [5.74, 6) is 0.987. The van der Waals surface area contributed by atoms with Crippen molar-refractivity contribution in [3.63, 3.8) is 0 Å². The van der Waals surface area contributed by atoms with Crippen LogP contribution in [0.2, 0.25) is 0 Å². The summed E-state index contributed by atoms with van der Waals surface area (Å²) in [5.41, 5.74) is 3.78. The molecule has 0 bridgehead atoms. The van der Waals surface area contributed by atoms with E-state index < -0.39 is 0 Å². The molecule has 0 aliphatic heterocycles. The van der Waals surface area contributed by atoms with Gasteiger partial charge in [-0.3, -0.25) is 0 Å². The largest absolute Gasteiger partial charge is 0.440 e. The molecule has 1 heterocycles. The third-order valence-electron chi connectivity index (χ3n) is 8.93. The van der Waals surface area contributed by atoms with Crippen molar-refractivity contribution in [1.82, 2.24) is 4.98 Å². The lowest BCUT2D eigenvalue weighted by atomic mass is 9.74. The quantitative estimate of drug-likeness (QED) is 0.147. The van der Waals surface area contributed by atoms with Gasteiger partial charge in [-0.2, -0.15) is 0 Å². The van der Waals surface area contributed by atoms with Gasteiger partial charge >= 0.3 is 0 Å². The third-order valence-corrected chi connectivity index (χ3v) is 8.93. The van der Waals surface area contributed by atoms with Crippen molar-refractivity contribution in [2.75, 3.05) is 0 Å². The minimum atomic E-state index is 0.0456. The molecule has 2 nitrogen and oxygen atoms in total. The molecule has 2 atom stereocenters. The number of oxazole rings is 1. The molecule has 0 aliphatic carbocycles. The number of unbranched alkanes of at least 4 members (excludes halogenated alkanes) is 12. The van der Waals surface area contributed by atoms with Crippen molar-refractivity contribution < 1.29 is 4.42 Å². The van der Waals surface area contributed by atoms with Gasteiger partial charge in [0.1, 0.15) is 5.52 Å². The molecular formula is C35H61NO. The number of benzene rings is 1. The zero-order chi connectivity index (χ0) is 27.0. The second kappa shape index (κ2) is 17.3. The highest BCUT2D eigenvalue weighted by atomic mass is 16.3. The van der Waals surface area contributed by atoms with Crippen molar-refractivity contribution in [3.05, 3.63) is 29.7 Å². The lowest BCUT2D eigenvalue weighted by Gasteiger charge is -2.30. The van der Waals surface area contributed by atoms with E-state index in [9.17, 15) is 0 Å². The highest BCUT2D eigenvalue weighted by Crippen LogP contribution is 2.40. The molecule has 37 heavy (non-hydrogen) atoms. The van der Waals surface area contributed by atoms with E-state index in [-0.39, 0.29) is 10.8 Å². The van der Waals surface area contributed by atoms with Crippen LogP contribution < -0.4 is 0 Å². The molecule has 2 heteroatoms. The Kier molecular flexibility index (Phi) is 14.9. The van der Waals surface area contributed by atoms with Crippen LogP contribution in [0.5, 0.6) is 0 Å². The topological polar surface area (TPSA) is 26.0 Å². The Morgan fingerprint density at radius 1 is 0.568 bits per heavy atom. The van der Waals surface area contributed by atoms with Gasteiger partial charge in [0.15, 0.2) is 5.58 Å². The minimum absolute atomic E-state index is 0.0456. The van der Waals surface area contributed by atoms with E-state index in [2.05, 4.69) is 59.7 Å². The molecular weight excluding hydrogens is 450 g/mol. The average molecular weight is 512 g/mol. The predicted octanol–water partition coefficient (Wildman–Crippen LogP) is 12.2. The number of rotatable bonds is 22. The van der Waals surface area contributed by atoms with Gasteiger partial charge < -0.3 is 4.42 Å². The standard InChI is InChI=1S/C35H61NO/c1-7-11-15-18-21-26-34(5,25-14-10-4)30-23-24-31-32(29-30)37-33(36-31)35(6,27-20-17-13-9-3)28-22-19-16-12-8-2/h23-24,29H,7-22,25-28H2,1-6H3. The summed E-state index contributed by atoms with van der Waals surface area (Å²) >= 11 is 0. The molecule has 2 rings (SSSR count). The van der Waals surface area contributed by atoms with Crippen LogP contribution in [-0.4, -0.2) is 4.98 Å². The van der Waals surface area contributed by atoms with Crippen LogP contribution in [0.25, 0.3) is 11.1 Å². The highest BCUT2D eigenvalue weighted by Gasteiger charge is 2.32. The summed E-state index contributed by atoms with van der Waals surface area (Å²) in [6.45, 7) is 14.1. The molecule has 0 radical (unpaired) electrons. The van der Waals surface area contributed by atoms with E-state index in [0.29, 0.717) is 0 Å². The van der Waals surface area contributed by atoms with E-state index >= 15 is 0 Å². The maximum Gasteiger partial charge on any atom is 0.201 e. The monoisotopic (exact) mass is 511 g/mol. The summed E-state index contributed by atoms with van der Waals surface area (Å²) in [6, 6.07) is 6.96. The number of aromatic nitrogens is 1. The van der Waals surface area contributed by atoms with Crippen LogP contribution in [-0.2, 0) is 10.8 Å². The molecule has 0 spiro atoms. The van der Waals surface area contributed by atoms with Crippen LogP contribution in [0.15, 0.2) is 22.6 Å². The van der Waals surface area contributed by atoms with Gasteiger partial charge in [0.05, 0.1) is 0 Å². The SMILES string of the molecule is CCCCCCCC(C)(CCCC)c1ccc2nc(C(C)(CCCCCC)CCCCCCC)oc2c1. The van der Waals surface area contributed by atoms with E-state index in [0.717, 1.165) is 17.0 Å². The van der Waals surface area contributed by atoms with Gasteiger partial charge in [-0.05, 0) is 48.8 Å². The lowest BCUT2D eigenvalue weighted by Crippen LogP contribution is -2.22. The van der Waals surface area contributed by atoms with Gasteiger partial charge in [-0.1, -0.05) is 150 Å². The Morgan fingerprint density at radius 2 is 1.03 bits per heavy atom. The molecule has 0 saturated heterocycles. The van der Waals surface area contributed by atoms with E-state index in [1.807, 2.05) is 0 Å². The van der Waals surface area contributed by atoms with Crippen molar-refractivity contribution in [3.8, 4) is 0 Å². The average Bonchev–Trinajstić information content (AvgIpc) is 3.34. The van der Waals surface area contributed by atoms with Crippen LogP contribution in [0.3, 0.4) is 0 Å². The zero-order valence-corrected chi connectivity index (χ0v) is 25.7. The fraction of sp³-hybridized carbons (Fsp3) is 0.800. The van der Waals surface area contributed by atoms with Gasteiger partial charge in [0.25, 0.3) is 0 Å². The zero-order valence-electron chi connectivity index (χ0n) is 25.7. The first kappa shape index (κ1) is 31.9. The maximum absolute atomic E-state index is 6.66. The lowest BCUT2D eigenvalue weighted by molar-refractivity contribution is 0.294. The molecule has 1 aromatic heterocycles. The smallest absolute Gasteiger partial charge is 0.201 e. The summed E-state index contributed by atoms with van der Waals surface area (Å²) in [6.07, 6.45) is 26.0. The van der Waals surface area contributed by atoms with Crippen molar-refractivity contribution in [2.24, 2.45) is 0 Å². The first-order chi connectivity index (χ1) is 17.9. The third kappa shape index (κ3) is 10.4. The van der Waals surface area contributed by atoms with Gasteiger partial charge in [0.2, 0.25) is 5.89 Å². The predicted molar refractivity (Wildman–Crippen MR) is 164 cm³/mol. The molecule has 1 aromatic carbocycles. The first-order valence-corrected chi connectivity index (χ1v) is 16.3. The number of fused-ring (bicyclic) bond motifs is 1. The van der Waals surface area contributed by atoms with Crippen LogP contribution in [0.1, 0.15) is 181 Å². The van der Waals surface area contributed by atoms with E-state index in [4.69, 9.17) is 9.40 Å². The Labute approximate surface area is 230 Å². The second-order valence-electron chi connectivity index (χ2n) is 12.6. The molecule has 2 unspecified atom stereocenters. The fourth-order valence-corrected chi connectivity index (χ4v) is 6.06. The van der Waals surface area contributed by atoms with Crippen molar-refractivity contribution >= 4 is 11.1 Å². The van der Waals surface area contributed by atoms with E-state index in [1.54, 1.807) is 0 Å². The molecule has 0 aliphatic rings. The van der Waals surface area contributed by atoms with Gasteiger partial charge in [-0.25, -0.2) is 4.98 Å². The molecule has 2 aromatic rings. The summed E-state index contributed by atoms with van der Waals surface area (Å²) < 4.78 is 6.66. The normalized spacial score (nSPS) is 15.2. The Morgan fingerprint density at radius 3 is 1.57 bits per heavy atom. The maximum atomic E-state index is 6.66. The van der Waals surface area contributed by atoms with Crippen molar-refractivity contribution in [2.45, 2.75) is 181 Å². The number of hydrogen-bond acceptors (Lipinski definition) is 2. The second-order valence-corrected chi connectivity index (χ2v) is 12.6. The van der Waals surface area contributed by atoms with Gasteiger partial charge in [0, 0.05) is 5.41 Å². The molecule has 212 valence electrons. The molecule has 0 amide bonds. The fourth-order valence-electron chi connectivity index (χ4n) is 6.06. The summed E-state index contributed by atoms with van der Waals surface area (Å²) in [5, 5.41) is 0. The number of nitrogens with zero attached hydrogens (tertiary/aromatic N) is 1. The van der Waals surface area contributed by atoms with Gasteiger partial charge in [-0.15, -0.1) is 0 Å². The van der Waals surface area contributed by atoms with Crippen LogP contribution in [0.4, 0.5) is 0 Å². The molecule has 0 fully saturated rings. The van der Waals surface area contributed by atoms with Crippen LogP contribution in [0, 0.1) is 0 Å². The number of hydrogen-bond donors (Lipinski definition) is 0. The van der Waals surface area contributed by atoms with Crippen LogP contribution >= 0.6 is 0 Å². The molecule has 0 saturated carbocycles. The van der Waals surface area contributed by atoms with E-state index in [1.165, 1.54) is 134 Å². The van der Waals surface area contributed by atoms with Crippen molar-refractivity contribution in [1.29, 1.82) is 0 Å². The summed E-state index contributed by atoms with van der Waals surface area (Å²) in [4.78, 5) is 5.11. The first-order valence-electron chi connectivity index (χ1n) is 16.3. The Balaban J connectivity index is 2.24. The molecule has 0 N–H and O–H groups in total. The Bertz CT molecular complexity index is 854. The Hall–Kier alpha value is -1.31. The summed E-state index contributed by atoms with van der Waals surface area (Å²) in [7, 11) is 0. The highest BCUT2D eigenvalue weighted by molar-refractivity contribution is 5.74. The minimum Gasteiger partial charge on any atom is -0.440 e.